The Morgan fingerprint density at radius 3 is 2.41 bits per heavy atom. The third kappa shape index (κ3) is 2.97. The first-order chi connectivity index (χ1) is 15.6. The van der Waals surface area contributed by atoms with Crippen molar-refractivity contribution in [2.45, 2.75) is 12.0 Å². The Labute approximate surface area is 184 Å². The zero-order chi connectivity index (χ0) is 21.7. The number of rotatable bonds is 2. The molecular weight excluding hydrogens is 409 g/mol. The van der Waals surface area contributed by atoms with E-state index in [0.717, 1.165) is 34.4 Å². The molecule has 32 heavy (non-hydrogen) atoms. The number of nitrogens with zero attached hydrogens (tertiary/aromatic N) is 2. The maximum Gasteiger partial charge on any atom is 0.283 e. The van der Waals surface area contributed by atoms with Gasteiger partial charge in [0.05, 0.1) is 19.4 Å². The molecule has 4 heterocycles. The minimum atomic E-state index is -0.842. The number of halogens is 1. The van der Waals surface area contributed by atoms with Crippen molar-refractivity contribution in [3.8, 4) is 22.6 Å². The summed E-state index contributed by atoms with van der Waals surface area (Å²) in [5, 5.41) is 0. The first-order valence-electron chi connectivity index (χ1n) is 10.5. The smallest absolute Gasteiger partial charge is 0.283 e. The van der Waals surface area contributed by atoms with Gasteiger partial charge in [0.2, 0.25) is 0 Å². The lowest BCUT2D eigenvalue weighted by Gasteiger charge is -2.34. The largest absolute Gasteiger partial charge is 0.462 e. The van der Waals surface area contributed by atoms with Crippen molar-refractivity contribution in [2.75, 3.05) is 19.8 Å². The molecule has 0 fully saturated rings. The summed E-state index contributed by atoms with van der Waals surface area (Å²) >= 11 is 0. The molecule has 6 nitrogen and oxygen atoms in total. The standard InChI is InChI=1S/C25H20FN3O3/c26-19-9-18(12-28-13-19)17-2-4-23-21(11-17)25(14-31-24(27)29-25)20-10-16(1-3-22(20)32-23)15-5-7-30-8-6-15/h1-5,9-13H,6-8,14H2,(H2,27,29)/t25-/m1/s1. The average molecular weight is 429 g/mol. The van der Waals surface area contributed by atoms with Crippen molar-refractivity contribution in [3.63, 3.8) is 0 Å². The Kier molecular flexibility index (Phi) is 4.26. The summed E-state index contributed by atoms with van der Waals surface area (Å²) in [7, 11) is 0. The van der Waals surface area contributed by atoms with E-state index < -0.39 is 11.4 Å². The Balaban J connectivity index is 1.53. The van der Waals surface area contributed by atoms with E-state index in [1.807, 2.05) is 24.3 Å². The van der Waals surface area contributed by atoms with Gasteiger partial charge >= 0.3 is 0 Å². The maximum absolute atomic E-state index is 13.8. The Morgan fingerprint density at radius 2 is 1.72 bits per heavy atom. The highest BCUT2D eigenvalue weighted by Crippen LogP contribution is 2.52. The van der Waals surface area contributed by atoms with Crippen LogP contribution in [0.5, 0.6) is 11.5 Å². The van der Waals surface area contributed by atoms with Crippen LogP contribution in [0.3, 0.4) is 0 Å². The van der Waals surface area contributed by atoms with Gasteiger partial charge in [0.25, 0.3) is 6.02 Å². The molecule has 0 bridgehead atoms. The van der Waals surface area contributed by atoms with Gasteiger partial charge < -0.3 is 19.9 Å². The van der Waals surface area contributed by atoms with Crippen molar-refractivity contribution in [3.05, 3.63) is 83.4 Å². The quantitative estimate of drug-likeness (QED) is 0.654. The highest BCUT2D eigenvalue weighted by molar-refractivity contribution is 5.79. The molecule has 0 aliphatic carbocycles. The first-order valence-corrected chi connectivity index (χ1v) is 10.5. The van der Waals surface area contributed by atoms with Gasteiger partial charge in [0, 0.05) is 22.9 Å². The van der Waals surface area contributed by atoms with Crippen LogP contribution >= 0.6 is 0 Å². The molecule has 1 spiro atoms. The average Bonchev–Trinajstić information content (AvgIpc) is 3.22. The molecule has 0 saturated heterocycles. The molecule has 2 aromatic carbocycles. The second-order valence-electron chi connectivity index (χ2n) is 8.07. The predicted molar refractivity (Wildman–Crippen MR) is 118 cm³/mol. The lowest BCUT2D eigenvalue weighted by Crippen LogP contribution is -2.31. The van der Waals surface area contributed by atoms with Crippen LogP contribution in [0.1, 0.15) is 23.1 Å². The molecular formula is C25H20FN3O3. The van der Waals surface area contributed by atoms with E-state index >= 15 is 0 Å². The van der Waals surface area contributed by atoms with Gasteiger partial charge in [-0.2, -0.15) is 0 Å². The predicted octanol–water partition coefficient (Wildman–Crippen LogP) is 4.39. The van der Waals surface area contributed by atoms with Crippen LogP contribution in [0.15, 0.2) is 65.9 Å². The van der Waals surface area contributed by atoms with E-state index in [1.165, 1.54) is 17.8 Å². The SMILES string of the molecule is NC1=N[C@]2(CO1)c1cc(C3=CCOCC3)ccc1Oc1ccc(-c3cncc(F)c3)cc12. The van der Waals surface area contributed by atoms with Crippen molar-refractivity contribution in [1.29, 1.82) is 0 Å². The fourth-order valence-electron chi connectivity index (χ4n) is 4.59. The lowest BCUT2D eigenvalue weighted by atomic mass is 9.79. The Morgan fingerprint density at radius 1 is 0.938 bits per heavy atom. The summed E-state index contributed by atoms with van der Waals surface area (Å²) in [6, 6.07) is 13.5. The fraction of sp³-hybridized carbons (Fsp3) is 0.200. The molecule has 3 aliphatic heterocycles. The van der Waals surface area contributed by atoms with Crippen LogP contribution in [0.2, 0.25) is 0 Å². The van der Waals surface area contributed by atoms with Gasteiger partial charge in [-0.15, -0.1) is 0 Å². The van der Waals surface area contributed by atoms with Crippen LogP contribution in [0, 0.1) is 5.82 Å². The fourth-order valence-corrected chi connectivity index (χ4v) is 4.59. The molecule has 1 aromatic heterocycles. The zero-order valence-electron chi connectivity index (χ0n) is 17.2. The number of fused-ring (bicyclic) bond motifs is 4. The molecule has 160 valence electrons. The monoisotopic (exact) mass is 429 g/mol. The van der Waals surface area contributed by atoms with Gasteiger partial charge in [-0.3, -0.25) is 4.98 Å². The van der Waals surface area contributed by atoms with E-state index in [-0.39, 0.29) is 12.6 Å². The number of pyridine rings is 1. The topological polar surface area (TPSA) is 79.0 Å². The molecule has 0 saturated carbocycles. The molecule has 0 radical (unpaired) electrons. The normalized spacial score (nSPS) is 21.2. The third-order valence-electron chi connectivity index (χ3n) is 6.17. The minimum absolute atomic E-state index is 0.136. The van der Waals surface area contributed by atoms with Crippen molar-refractivity contribution in [1.82, 2.24) is 4.98 Å². The number of benzene rings is 2. The van der Waals surface area contributed by atoms with Crippen LogP contribution in [-0.2, 0) is 15.0 Å². The maximum atomic E-state index is 13.8. The van der Waals surface area contributed by atoms with Crippen LogP contribution in [0.4, 0.5) is 4.39 Å². The molecule has 6 rings (SSSR count). The Bertz CT molecular complexity index is 1300. The first kappa shape index (κ1) is 19.0. The molecule has 1 atom stereocenters. The number of hydrogen-bond donors (Lipinski definition) is 1. The molecule has 0 unspecified atom stereocenters. The molecule has 3 aromatic rings. The lowest BCUT2D eigenvalue weighted by molar-refractivity contribution is 0.161. The summed E-state index contributed by atoms with van der Waals surface area (Å²) in [6.45, 7) is 1.57. The van der Waals surface area contributed by atoms with Gasteiger partial charge in [0.1, 0.15) is 23.9 Å². The molecule has 2 N–H and O–H groups in total. The second-order valence-corrected chi connectivity index (χ2v) is 8.07. The van der Waals surface area contributed by atoms with Gasteiger partial charge in [-0.05, 0) is 53.5 Å². The molecule has 3 aliphatic rings. The number of amidine groups is 1. The van der Waals surface area contributed by atoms with Crippen molar-refractivity contribution >= 4 is 11.6 Å². The van der Waals surface area contributed by atoms with Crippen LogP contribution in [-0.4, -0.2) is 30.8 Å². The number of aromatic nitrogens is 1. The van der Waals surface area contributed by atoms with Gasteiger partial charge in [-0.1, -0.05) is 18.2 Å². The number of hydrogen-bond acceptors (Lipinski definition) is 6. The summed E-state index contributed by atoms with van der Waals surface area (Å²) < 4.78 is 31.2. The number of aliphatic imine (C=N–C) groups is 1. The number of ether oxygens (including phenoxy) is 3. The van der Waals surface area contributed by atoms with E-state index in [4.69, 9.17) is 24.9 Å². The van der Waals surface area contributed by atoms with Crippen LogP contribution < -0.4 is 10.5 Å². The Hall–Kier alpha value is -3.71. The minimum Gasteiger partial charge on any atom is -0.462 e. The van der Waals surface area contributed by atoms with E-state index in [9.17, 15) is 4.39 Å². The van der Waals surface area contributed by atoms with Crippen molar-refractivity contribution in [2.24, 2.45) is 10.7 Å². The van der Waals surface area contributed by atoms with Crippen LogP contribution in [0.25, 0.3) is 16.7 Å². The molecule has 0 amide bonds. The van der Waals surface area contributed by atoms with Gasteiger partial charge in [0.15, 0.2) is 5.54 Å². The van der Waals surface area contributed by atoms with E-state index in [1.54, 1.807) is 6.20 Å². The van der Waals surface area contributed by atoms with Crippen molar-refractivity contribution < 1.29 is 18.6 Å². The zero-order valence-corrected chi connectivity index (χ0v) is 17.2. The summed E-state index contributed by atoms with van der Waals surface area (Å²) in [4.78, 5) is 8.74. The summed E-state index contributed by atoms with van der Waals surface area (Å²) in [5.41, 5.74) is 10.7. The second kappa shape index (κ2) is 7.17. The molecule has 7 heteroatoms. The summed E-state index contributed by atoms with van der Waals surface area (Å²) in [5.74, 6) is 0.999. The summed E-state index contributed by atoms with van der Waals surface area (Å²) in [6.07, 6.45) is 5.77. The van der Waals surface area contributed by atoms with Gasteiger partial charge in [-0.25, -0.2) is 9.38 Å². The van der Waals surface area contributed by atoms with E-state index in [0.29, 0.717) is 24.5 Å². The van der Waals surface area contributed by atoms with E-state index in [2.05, 4.69) is 23.2 Å². The third-order valence-corrected chi connectivity index (χ3v) is 6.17. The highest BCUT2D eigenvalue weighted by atomic mass is 19.1. The highest BCUT2D eigenvalue weighted by Gasteiger charge is 2.47. The number of nitrogens with two attached hydrogens (primary N) is 1.